The lowest BCUT2D eigenvalue weighted by molar-refractivity contribution is 0.446. The Bertz CT molecular complexity index is 152. The van der Waals surface area contributed by atoms with Crippen LogP contribution in [0.1, 0.15) is 45.4 Å². The maximum Gasteiger partial charge on any atom is -0.0257 e. The molecule has 2 rings (SSSR count). The molecule has 2 bridgehead atoms. The van der Waals surface area contributed by atoms with Crippen LogP contribution in [0.4, 0.5) is 0 Å². The van der Waals surface area contributed by atoms with Crippen molar-refractivity contribution < 1.29 is 0 Å². The number of hydrogen-bond acceptors (Lipinski definition) is 0. The van der Waals surface area contributed by atoms with E-state index in [-0.39, 0.29) is 0 Å². The van der Waals surface area contributed by atoms with Crippen molar-refractivity contribution in [2.45, 2.75) is 57.1 Å². The van der Waals surface area contributed by atoms with Crippen LogP contribution in [0.25, 0.3) is 0 Å². The molecule has 0 aliphatic carbocycles. The van der Waals surface area contributed by atoms with Crippen LogP contribution < -0.4 is 0 Å². The SMILES string of the molecule is CC=[C-]B1C2CCCC1CCC2. The molecule has 0 saturated carbocycles. The number of hydrogen-bond donors (Lipinski definition) is 0. The second-order valence-corrected chi connectivity index (χ2v) is 4.36. The molecule has 0 N–H and O–H groups in total. The average Bonchev–Trinajstić information content (AvgIpc) is 2.04. The Morgan fingerprint density at radius 1 is 1.08 bits per heavy atom. The van der Waals surface area contributed by atoms with E-state index in [1.165, 1.54) is 38.5 Å². The summed E-state index contributed by atoms with van der Waals surface area (Å²) in [6, 6.07) is 0. The van der Waals surface area contributed by atoms with Gasteiger partial charge in [-0.15, -0.1) is 0 Å². The maximum atomic E-state index is 3.56. The fourth-order valence-corrected chi connectivity index (χ4v) is 3.14. The van der Waals surface area contributed by atoms with E-state index in [9.17, 15) is 0 Å². The Hall–Kier alpha value is -0.195. The summed E-state index contributed by atoms with van der Waals surface area (Å²) >= 11 is 0. The van der Waals surface area contributed by atoms with E-state index in [0.29, 0.717) is 0 Å². The third-order valence-corrected chi connectivity index (χ3v) is 3.67. The second kappa shape index (κ2) is 3.68. The lowest BCUT2D eigenvalue weighted by Crippen LogP contribution is -2.33. The largest absolute Gasteiger partial charge is 0.527 e. The Morgan fingerprint density at radius 3 is 2.00 bits per heavy atom. The van der Waals surface area contributed by atoms with Gasteiger partial charge in [-0.3, -0.25) is 6.08 Å². The Labute approximate surface area is 76.5 Å². The lowest BCUT2D eigenvalue weighted by Gasteiger charge is -2.46. The molecule has 2 aliphatic rings. The zero-order valence-corrected chi connectivity index (χ0v) is 8.05. The molecular formula is C11H18B-. The van der Waals surface area contributed by atoms with Crippen molar-refractivity contribution in [2.75, 3.05) is 0 Å². The number of fused-ring (bicyclic) bond motifs is 2. The maximum absolute atomic E-state index is 3.56. The third-order valence-electron chi connectivity index (χ3n) is 3.67. The minimum Gasteiger partial charge on any atom is -0.527 e. The summed E-state index contributed by atoms with van der Waals surface area (Å²) in [5.41, 5.74) is 0. The van der Waals surface area contributed by atoms with E-state index in [2.05, 4.69) is 19.0 Å². The lowest BCUT2D eigenvalue weighted by atomic mass is 9.27. The summed E-state index contributed by atoms with van der Waals surface area (Å²) in [5.74, 6) is 5.55. The summed E-state index contributed by atoms with van der Waals surface area (Å²) in [4.78, 5) is 0. The fourth-order valence-electron chi connectivity index (χ4n) is 3.14. The van der Waals surface area contributed by atoms with E-state index in [4.69, 9.17) is 0 Å². The van der Waals surface area contributed by atoms with Gasteiger partial charge < -0.3 is 5.98 Å². The molecular weight excluding hydrogens is 143 g/mol. The normalized spacial score (nSPS) is 35.9. The van der Waals surface area contributed by atoms with Gasteiger partial charge in [0, 0.05) is 0 Å². The van der Waals surface area contributed by atoms with E-state index in [1.54, 1.807) is 0 Å². The molecule has 0 aromatic rings. The molecule has 66 valence electrons. The van der Waals surface area contributed by atoms with Crippen LogP contribution in [0.5, 0.6) is 0 Å². The number of rotatable bonds is 1. The minimum absolute atomic E-state index is 0.831. The summed E-state index contributed by atoms with van der Waals surface area (Å²) in [6.45, 7) is 2.95. The molecule has 0 amide bonds. The molecule has 2 saturated heterocycles. The molecule has 0 spiro atoms. The quantitative estimate of drug-likeness (QED) is 0.407. The summed E-state index contributed by atoms with van der Waals surface area (Å²) in [6.07, 6.45) is 11.0. The van der Waals surface area contributed by atoms with Crippen molar-refractivity contribution in [1.82, 2.24) is 0 Å². The topological polar surface area (TPSA) is 0 Å². The highest BCUT2D eigenvalue weighted by Gasteiger charge is 2.29. The van der Waals surface area contributed by atoms with Crippen LogP contribution >= 0.6 is 0 Å². The van der Waals surface area contributed by atoms with Gasteiger partial charge in [-0.25, -0.2) is 0 Å². The standard InChI is InChI=1S/C11H18B/c1-2-9-12-10-5-3-6-11(12)8-4-7-10/h2,10-11H,3-8H2,1H3/q-1. The van der Waals surface area contributed by atoms with Crippen molar-refractivity contribution in [3.8, 4) is 0 Å². The fraction of sp³-hybridized carbons (Fsp3) is 0.818. The van der Waals surface area contributed by atoms with Gasteiger partial charge in [0.1, 0.15) is 0 Å². The molecule has 0 aromatic heterocycles. The Kier molecular flexibility index (Phi) is 2.58. The molecule has 1 heteroatoms. The first-order chi connectivity index (χ1) is 5.92. The van der Waals surface area contributed by atoms with Gasteiger partial charge in [0.2, 0.25) is 0 Å². The molecule has 2 aliphatic heterocycles. The van der Waals surface area contributed by atoms with Crippen molar-refractivity contribution in [3.63, 3.8) is 0 Å². The zero-order valence-electron chi connectivity index (χ0n) is 8.05. The zero-order chi connectivity index (χ0) is 8.39. The molecule has 2 heterocycles. The smallest absolute Gasteiger partial charge is 0.0257 e. The van der Waals surface area contributed by atoms with Crippen molar-refractivity contribution in [3.05, 3.63) is 12.1 Å². The van der Waals surface area contributed by atoms with Crippen molar-refractivity contribution in [1.29, 1.82) is 0 Å². The van der Waals surface area contributed by atoms with Gasteiger partial charge in [0.25, 0.3) is 0 Å². The van der Waals surface area contributed by atoms with Gasteiger partial charge >= 0.3 is 0 Å². The third kappa shape index (κ3) is 1.46. The Morgan fingerprint density at radius 2 is 1.58 bits per heavy atom. The summed E-state index contributed by atoms with van der Waals surface area (Å²) in [7, 11) is 0. The van der Waals surface area contributed by atoms with Crippen LogP contribution in [0.15, 0.2) is 6.08 Å². The van der Waals surface area contributed by atoms with E-state index >= 15 is 0 Å². The molecule has 0 atom stereocenters. The van der Waals surface area contributed by atoms with Crippen LogP contribution in [-0.4, -0.2) is 6.71 Å². The molecule has 0 nitrogen and oxygen atoms in total. The van der Waals surface area contributed by atoms with Gasteiger partial charge in [0.05, 0.1) is 0 Å². The second-order valence-electron chi connectivity index (χ2n) is 4.36. The molecule has 2 fully saturated rings. The molecule has 12 heavy (non-hydrogen) atoms. The highest BCUT2D eigenvalue weighted by Crippen LogP contribution is 2.46. The monoisotopic (exact) mass is 161 g/mol. The van der Waals surface area contributed by atoms with Crippen LogP contribution in [0, 0.1) is 5.98 Å². The van der Waals surface area contributed by atoms with Gasteiger partial charge in [-0.1, -0.05) is 57.1 Å². The number of allylic oxidation sites excluding steroid dienone is 1. The predicted molar refractivity (Wildman–Crippen MR) is 54.4 cm³/mol. The van der Waals surface area contributed by atoms with Gasteiger partial charge in [-0.05, 0) is 6.71 Å². The first-order valence-electron chi connectivity index (χ1n) is 5.45. The van der Waals surface area contributed by atoms with Crippen molar-refractivity contribution >= 4 is 6.71 Å². The van der Waals surface area contributed by atoms with E-state index in [1.807, 2.05) is 0 Å². The van der Waals surface area contributed by atoms with E-state index in [0.717, 1.165) is 18.3 Å². The summed E-state index contributed by atoms with van der Waals surface area (Å²) < 4.78 is 0. The van der Waals surface area contributed by atoms with Crippen LogP contribution in [0.3, 0.4) is 0 Å². The summed E-state index contributed by atoms with van der Waals surface area (Å²) in [5, 5.41) is 0. The van der Waals surface area contributed by atoms with E-state index < -0.39 is 0 Å². The average molecular weight is 161 g/mol. The first-order valence-corrected chi connectivity index (χ1v) is 5.45. The van der Waals surface area contributed by atoms with Gasteiger partial charge in [-0.2, -0.15) is 0 Å². The molecule has 0 unspecified atom stereocenters. The predicted octanol–water partition coefficient (Wildman–Crippen LogP) is 3.51. The minimum atomic E-state index is 0.831. The van der Waals surface area contributed by atoms with Crippen LogP contribution in [0.2, 0.25) is 11.6 Å². The van der Waals surface area contributed by atoms with Crippen molar-refractivity contribution in [2.24, 2.45) is 0 Å². The first kappa shape index (κ1) is 8.41. The van der Waals surface area contributed by atoms with Crippen LogP contribution in [-0.2, 0) is 0 Å². The molecule has 0 radical (unpaired) electrons. The molecule has 0 aromatic carbocycles. The Balaban J connectivity index is 2.08. The highest BCUT2D eigenvalue weighted by molar-refractivity contribution is 6.65. The highest BCUT2D eigenvalue weighted by atomic mass is 14.2. The van der Waals surface area contributed by atoms with Gasteiger partial charge in [0.15, 0.2) is 0 Å².